The molecule has 1 aromatic carbocycles. The first-order valence-corrected chi connectivity index (χ1v) is 14.5. The number of anilines is 1. The Balaban J connectivity index is 1.39. The quantitative estimate of drug-likeness (QED) is 0.188. The normalized spacial score (nSPS) is 14.6. The molecule has 0 bridgehead atoms. The summed E-state index contributed by atoms with van der Waals surface area (Å²) in [6.07, 6.45) is 7.34. The number of halogens is 1. The molecular formula is C29H36ClN5O3S. The molecule has 0 spiro atoms. The first kappa shape index (κ1) is 28.9. The lowest BCUT2D eigenvalue weighted by Crippen LogP contribution is -2.25. The molecule has 3 heterocycles. The third-order valence-corrected chi connectivity index (χ3v) is 7.93. The van der Waals surface area contributed by atoms with E-state index in [1.807, 2.05) is 36.5 Å². The van der Waals surface area contributed by atoms with Crippen LogP contribution in [0.15, 0.2) is 54.6 Å². The Morgan fingerprint density at radius 1 is 1.26 bits per heavy atom. The van der Waals surface area contributed by atoms with Crippen molar-refractivity contribution in [1.82, 2.24) is 15.3 Å². The summed E-state index contributed by atoms with van der Waals surface area (Å²) in [4.78, 5) is 22.7. The summed E-state index contributed by atoms with van der Waals surface area (Å²) in [5.41, 5.74) is 9.76. The molecule has 0 radical (unpaired) electrons. The largest absolute Gasteiger partial charge is 0.479 e. The predicted molar refractivity (Wildman–Crippen MR) is 157 cm³/mol. The van der Waals surface area contributed by atoms with Gasteiger partial charge in [-0.2, -0.15) is 0 Å². The van der Waals surface area contributed by atoms with Crippen LogP contribution in [0.1, 0.15) is 48.2 Å². The number of thiazole rings is 1. The van der Waals surface area contributed by atoms with E-state index in [-0.39, 0.29) is 24.3 Å². The first-order chi connectivity index (χ1) is 18.9. The molecule has 4 N–H and O–H groups in total. The Hall–Kier alpha value is -3.14. The van der Waals surface area contributed by atoms with Crippen LogP contribution >= 0.6 is 22.9 Å². The first-order valence-electron chi connectivity index (χ1n) is 13.3. The molecule has 0 amide bonds. The summed E-state index contributed by atoms with van der Waals surface area (Å²) in [6.45, 7) is 3.57. The van der Waals surface area contributed by atoms with Gasteiger partial charge in [0.2, 0.25) is 0 Å². The standard InChI is InChI=1S/C29H36ClN5O3S/c1-3-37-27(36)16-21(25-18-34-29(39-25)20-6-9-22(30)10-7-20)15-23(31)17-26(32-2)38-14-12-24-11-8-19-5-4-13-33-28(19)35-24/h6-11,17-18,21,23,32H,3-5,12-16,31H2,1-2H3,(H,33,35)/b26-17+. The van der Waals surface area contributed by atoms with E-state index in [0.717, 1.165) is 46.3 Å². The number of hydrogen-bond acceptors (Lipinski definition) is 9. The molecule has 10 heteroatoms. The monoisotopic (exact) mass is 569 g/mol. The van der Waals surface area contributed by atoms with E-state index in [1.54, 1.807) is 25.3 Å². The van der Waals surface area contributed by atoms with E-state index in [0.29, 0.717) is 37.0 Å². The molecule has 0 saturated heterocycles. The predicted octanol–water partition coefficient (Wildman–Crippen LogP) is 5.29. The van der Waals surface area contributed by atoms with Gasteiger partial charge in [0.15, 0.2) is 5.88 Å². The summed E-state index contributed by atoms with van der Waals surface area (Å²) in [5.74, 6) is 1.19. The van der Waals surface area contributed by atoms with Crippen LogP contribution in [-0.4, -0.2) is 48.8 Å². The van der Waals surface area contributed by atoms with E-state index in [4.69, 9.17) is 31.8 Å². The maximum absolute atomic E-state index is 12.4. The summed E-state index contributed by atoms with van der Waals surface area (Å²) >= 11 is 7.58. The van der Waals surface area contributed by atoms with Crippen LogP contribution in [0.2, 0.25) is 5.02 Å². The number of ether oxygens (including phenoxy) is 2. The number of nitrogens with one attached hydrogen (secondary N) is 2. The molecule has 8 nitrogen and oxygen atoms in total. The second-order valence-corrected chi connectivity index (χ2v) is 10.9. The molecule has 2 aromatic heterocycles. The van der Waals surface area contributed by atoms with E-state index >= 15 is 0 Å². The fourth-order valence-corrected chi connectivity index (χ4v) is 5.65. The lowest BCUT2D eigenvalue weighted by Gasteiger charge is -2.19. The molecule has 0 aliphatic carbocycles. The van der Waals surface area contributed by atoms with Gasteiger partial charge in [0, 0.05) is 59.3 Å². The third-order valence-electron chi connectivity index (χ3n) is 6.47. The maximum atomic E-state index is 12.4. The fraction of sp³-hybridized carbons (Fsp3) is 0.414. The van der Waals surface area contributed by atoms with Crippen molar-refractivity contribution < 1.29 is 14.3 Å². The van der Waals surface area contributed by atoms with E-state index in [1.165, 1.54) is 5.56 Å². The van der Waals surface area contributed by atoms with Gasteiger partial charge in [0.25, 0.3) is 0 Å². The minimum atomic E-state index is -0.348. The number of rotatable bonds is 13. The van der Waals surface area contributed by atoms with Crippen molar-refractivity contribution in [2.75, 3.05) is 32.1 Å². The zero-order chi connectivity index (χ0) is 27.6. The number of benzene rings is 1. The van der Waals surface area contributed by atoms with Crippen LogP contribution in [-0.2, 0) is 27.1 Å². The van der Waals surface area contributed by atoms with Crippen LogP contribution < -0.4 is 16.4 Å². The minimum Gasteiger partial charge on any atom is -0.479 e. The smallest absolute Gasteiger partial charge is 0.306 e. The number of fused-ring (bicyclic) bond motifs is 1. The summed E-state index contributed by atoms with van der Waals surface area (Å²) in [6, 6.07) is 11.4. The Kier molecular flexibility index (Phi) is 10.6. The molecular weight excluding hydrogens is 534 g/mol. The Morgan fingerprint density at radius 3 is 2.85 bits per heavy atom. The molecule has 1 aliphatic rings. The number of carbonyl (C=O) groups is 1. The highest BCUT2D eigenvalue weighted by Gasteiger charge is 2.23. The van der Waals surface area contributed by atoms with Gasteiger partial charge < -0.3 is 25.8 Å². The number of aryl methyl sites for hydroxylation is 1. The minimum absolute atomic E-state index is 0.140. The van der Waals surface area contributed by atoms with Gasteiger partial charge >= 0.3 is 5.97 Å². The lowest BCUT2D eigenvalue weighted by molar-refractivity contribution is -0.143. The number of hydrogen-bond donors (Lipinski definition) is 3. The maximum Gasteiger partial charge on any atom is 0.306 e. The van der Waals surface area contributed by atoms with Crippen molar-refractivity contribution in [2.24, 2.45) is 5.73 Å². The third kappa shape index (κ3) is 8.42. The topological polar surface area (TPSA) is 111 Å². The van der Waals surface area contributed by atoms with Gasteiger partial charge in [-0.25, -0.2) is 9.97 Å². The van der Waals surface area contributed by atoms with Crippen LogP contribution in [0.3, 0.4) is 0 Å². The van der Waals surface area contributed by atoms with Crippen LogP contribution in [0, 0.1) is 0 Å². The second-order valence-electron chi connectivity index (χ2n) is 9.40. The number of pyridine rings is 1. The highest BCUT2D eigenvalue weighted by molar-refractivity contribution is 7.15. The Morgan fingerprint density at radius 2 is 2.08 bits per heavy atom. The van der Waals surface area contributed by atoms with Gasteiger partial charge in [-0.1, -0.05) is 29.8 Å². The van der Waals surface area contributed by atoms with Gasteiger partial charge in [-0.05, 0) is 56.0 Å². The highest BCUT2D eigenvalue weighted by atomic mass is 35.5. The number of esters is 1. The van der Waals surface area contributed by atoms with Crippen LogP contribution in [0.5, 0.6) is 0 Å². The van der Waals surface area contributed by atoms with Gasteiger partial charge in [-0.3, -0.25) is 4.79 Å². The molecule has 39 heavy (non-hydrogen) atoms. The second kappa shape index (κ2) is 14.3. The van der Waals surface area contributed by atoms with E-state index in [9.17, 15) is 4.79 Å². The average Bonchev–Trinajstić information content (AvgIpc) is 3.43. The van der Waals surface area contributed by atoms with Gasteiger partial charge in [-0.15, -0.1) is 11.3 Å². The van der Waals surface area contributed by atoms with Crippen molar-refractivity contribution in [3.05, 3.63) is 75.7 Å². The van der Waals surface area contributed by atoms with Crippen molar-refractivity contribution in [3.63, 3.8) is 0 Å². The van der Waals surface area contributed by atoms with E-state index < -0.39 is 0 Å². The van der Waals surface area contributed by atoms with Crippen molar-refractivity contribution in [3.8, 4) is 10.6 Å². The highest BCUT2D eigenvalue weighted by Crippen LogP contribution is 2.34. The molecule has 4 rings (SSSR count). The van der Waals surface area contributed by atoms with Gasteiger partial charge in [0.1, 0.15) is 10.8 Å². The number of nitrogens with two attached hydrogens (primary N) is 1. The van der Waals surface area contributed by atoms with Crippen LogP contribution in [0.25, 0.3) is 10.6 Å². The summed E-state index contributed by atoms with van der Waals surface area (Å²) in [7, 11) is 1.80. The van der Waals surface area contributed by atoms with Crippen molar-refractivity contribution >= 4 is 34.7 Å². The molecule has 3 aromatic rings. The molecule has 2 atom stereocenters. The fourth-order valence-electron chi connectivity index (χ4n) is 4.49. The number of aromatic nitrogens is 2. The zero-order valence-electron chi connectivity index (χ0n) is 22.4. The Labute approximate surface area is 239 Å². The lowest BCUT2D eigenvalue weighted by atomic mass is 9.95. The van der Waals surface area contributed by atoms with Gasteiger partial charge in [0.05, 0.1) is 19.6 Å². The molecule has 1 aliphatic heterocycles. The van der Waals surface area contributed by atoms with Crippen molar-refractivity contribution in [2.45, 2.75) is 51.0 Å². The summed E-state index contributed by atoms with van der Waals surface area (Å²) < 4.78 is 11.2. The zero-order valence-corrected chi connectivity index (χ0v) is 24.0. The SMILES string of the molecule is CCOC(=O)CC(CC(N)/C=C(\NC)OCCc1ccc2c(n1)NCCC2)c1cnc(-c2ccc(Cl)cc2)s1. The van der Waals surface area contributed by atoms with E-state index in [2.05, 4.69) is 27.8 Å². The molecule has 0 fully saturated rings. The molecule has 2 unspecified atom stereocenters. The van der Waals surface area contributed by atoms with Crippen LogP contribution in [0.4, 0.5) is 5.82 Å². The molecule has 0 saturated carbocycles. The summed E-state index contributed by atoms with van der Waals surface area (Å²) in [5, 5.41) is 8.00. The number of nitrogens with zero attached hydrogens (tertiary/aromatic N) is 2. The van der Waals surface area contributed by atoms with Crippen molar-refractivity contribution in [1.29, 1.82) is 0 Å². The number of carbonyl (C=O) groups excluding carboxylic acids is 1. The average molecular weight is 570 g/mol. The Bertz CT molecular complexity index is 1260. The molecule has 208 valence electrons.